The number of ether oxygens (including phenoxy) is 1. The fourth-order valence-electron chi connectivity index (χ4n) is 5.00. The van der Waals surface area contributed by atoms with Crippen LogP contribution in [-0.2, 0) is 11.0 Å². The lowest BCUT2D eigenvalue weighted by atomic mass is 9.80. The number of rotatable bonds is 7. The van der Waals surface area contributed by atoms with Gasteiger partial charge in [-0.25, -0.2) is 0 Å². The van der Waals surface area contributed by atoms with Gasteiger partial charge in [-0.2, -0.15) is 13.2 Å². The Kier molecular flexibility index (Phi) is 7.64. The van der Waals surface area contributed by atoms with Crippen LogP contribution in [0.1, 0.15) is 53.1 Å². The Morgan fingerprint density at radius 2 is 1.71 bits per heavy atom. The average Bonchev–Trinajstić information content (AvgIpc) is 2.84. The van der Waals surface area contributed by atoms with Gasteiger partial charge in [0, 0.05) is 19.1 Å². The zero-order valence-corrected chi connectivity index (χ0v) is 19.6. The first-order chi connectivity index (χ1) is 16.7. The van der Waals surface area contributed by atoms with E-state index in [0.717, 1.165) is 57.0 Å². The fourth-order valence-corrected chi connectivity index (χ4v) is 5.00. The predicted octanol–water partition coefficient (Wildman–Crippen LogP) is 3.97. The summed E-state index contributed by atoms with van der Waals surface area (Å²) in [5.41, 5.74) is 0.181. The predicted molar refractivity (Wildman–Crippen MR) is 125 cm³/mol. The molecule has 2 aromatic rings. The van der Waals surface area contributed by atoms with Gasteiger partial charge < -0.3 is 15.4 Å². The largest absolute Gasteiger partial charge is 0.496 e. The molecule has 1 aliphatic heterocycles. The molecule has 2 amide bonds. The number of nitrogens with one attached hydrogen (secondary N) is 2. The molecule has 2 N–H and O–H groups in total. The standard InChI is InChI=1S/C26H30F3N3O3/c1-35-23-12-9-19(26(27,28)29)13-22(23)25(34)30-14-24(33)31-20-15-32(16-20)21-10-7-18(8-11-21)17-5-3-2-4-6-17/h2-6,9,12-13,18,20-21H,7-8,10-11,14-16H2,1H3,(H,30,34)(H,31,33). The lowest BCUT2D eigenvalue weighted by molar-refractivity contribution is -0.137. The number of alkyl halides is 3. The van der Waals surface area contributed by atoms with Crippen LogP contribution in [-0.4, -0.2) is 55.5 Å². The SMILES string of the molecule is COc1ccc(C(F)(F)F)cc1C(=O)NCC(=O)NC1CN(C2CCC(c3ccccc3)CC2)C1. The Morgan fingerprint density at radius 3 is 2.34 bits per heavy atom. The monoisotopic (exact) mass is 489 g/mol. The number of carbonyl (C=O) groups excluding carboxylic acids is 2. The van der Waals surface area contributed by atoms with Gasteiger partial charge in [0.2, 0.25) is 5.91 Å². The molecule has 188 valence electrons. The Morgan fingerprint density at radius 1 is 1.03 bits per heavy atom. The van der Waals surface area contributed by atoms with Gasteiger partial charge in [0.25, 0.3) is 5.91 Å². The number of benzene rings is 2. The summed E-state index contributed by atoms with van der Waals surface area (Å²) in [7, 11) is 1.27. The number of methoxy groups -OCH3 is 1. The lowest BCUT2D eigenvalue weighted by Gasteiger charge is -2.46. The Bertz CT molecular complexity index is 1030. The van der Waals surface area contributed by atoms with Gasteiger partial charge in [-0.1, -0.05) is 30.3 Å². The van der Waals surface area contributed by atoms with Crippen LogP contribution < -0.4 is 15.4 Å². The summed E-state index contributed by atoms with van der Waals surface area (Å²) in [4.78, 5) is 27.1. The summed E-state index contributed by atoms with van der Waals surface area (Å²) in [5, 5.41) is 5.27. The Labute approximate surface area is 202 Å². The quantitative estimate of drug-likeness (QED) is 0.618. The van der Waals surface area contributed by atoms with Crippen molar-refractivity contribution in [1.82, 2.24) is 15.5 Å². The second-order valence-electron chi connectivity index (χ2n) is 9.23. The molecule has 0 aromatic heterocycles. The first-order valence-corrected chi connectivity index (χ1v) is 11.9. The normalized spacial score (nSPS) is 21.1. The summed E-state index contributed by atoms with van der Waals surface area (Å²) < 4.78 is 44.0. The maximum atomic E-state index is 13.0. The molecule has 2 aromatic carbocycles. The highest BCUT2D eigenvalue weighted by molar-refractivity contribution is 5.99. The molecule has 1 saturated carbocycles. The highest BCUT2D eigenvalue weighted by atomic mass is 19.4. The zero-order valence-electron chi connectivity index (χ0n) is 19.6. The molecular formula is C26H30F3N3O3. The highest BCUT2D eigenvalue weighted by Crippen LogP contribution is 2.36. The molecule has 2 aliphatic rings. The summed E-state index contributed by atoms with van der Waals surface area (Å²) >= 11 is 0. The molecule has 1 heterocycles. The van der Waals surface area contributed by atoms with E-state index in [0.29, 0.717) is 12.0 Å². The number of hydrogen-bond donors (Lipinski definition) is 2. The molecular weight excluding hydrogens is 459 g/mol. The Balaban J connectivity index is 1.19. The first kappa shape index (κ1) is 25.0. The van der Waals surface area contributed by atoms with Gasteiger partial charge in [-0.15, -0.1) is 0 Å². The maximum absolute atomic E-state index is 13.0. The van der Waals surface area contributed by atoms with Gasteiger partial charge >= 0.3 is 6.18 Å². The van der Waals surface area contributed by atoms with Gasteiger partial charge in [-0.3, -0.25) is 14.5 Å². The molecule has 0 unspecified atom stereocenters. The minimum absolute atomic E-state index is 0.00697. The van der Waals surface area contributed by atoms with E-state index >= 15 is 0 Å². The summed E-state index contributed by atoms with van der Waals surface area (Å²) in [6, 6.07) is 13.8. The molecule has 0 atom stereocenters. The summed E-state index contributed by atoms with van der Waals surface area (Å²) in [6.45, 7) is 1.21. The topological polar surface area (TPSA) is 70.7 Å². The second-order valence-corrected chi connectivity index (χ2v) is 9.23. The fraction of sp³-hybridized carbons (Fsp3) is 0.462. The molecule has 9 heteroatoms. The van der Waals surface area contributed by atoms with E-state index in [9.17, 15) is 22.8 Å². The van der Waals surface area contributed by atoms with Crippen molar-refractivity contribution in [3.8, 4) is 5.75 Å². The van der Waals surface area contributed by atoms with Crippen LogP contribution in [0.2, 0.25) is 0 Å². The van der Waals surface area contributed by atoms with Crippen molar-refractivity contribution in [2.75, 3.05) is 26.7 Å². The molecule has 1 saturated heterocycles. The number of hydrogen-bond acceptors (Lipinski definition) is 4. The van der Waals surface area contributed by atoms with E-state index in [-0.39, 0.29) is 29.8 Å². The number of carbonyl (C=O) groups is 2. The minimum atomic E-state index is -4.59. The zero-order chi connectivity index (χ0) is 25.0. The highest BCUT2D eigenvalue weighted by Gasteiger charge is 2.35. The second kappa shape index (κ2) is 10.7. The van der Waals surface area contributed by atoms with E-state index < -0.39 is 17.6 Å². The van der Waals surface area contributed by atoms with E-state index in [1.165, 1.54) is 12.7 Å². The number of likely N-dealkylation sites (tertiary alicyclic amines) is 1. The van der Waals surface area contributed by atoms with Crippen molar-refractivity contribution in [3.63, 3.8) is 0 Å². The van der Waals surface area contributed by atoms with Gasteiger partial charge in [0.1, 0.15) is 5.75 Å². The van der Waals surface area contributed by atoms with Crippen molar-refractivity contribution in [2.24, 2.45) is 0 Å². The molecule has 4 rings (SSSR count). The Hall–Kier alpha value is -3.07. The lowest BCUT2D eigenvalue weighted by Crippen LogP contribution is -2.63. The van der Waals surface area contributed by atoms with Crippen molar-refractivity contribution in [3.05, 3.63) is 65.2 Å². The molecule has 2 fully saturated rings. The molecule has 0 radical (unpaired) electrons. The molecule has 0 spiro atoms. The number of halogens is 3. The van der Waals surface area contributed by atoms with E-state index in [4.69, 9.17) is 4.74 Å². The van der Waals surface area contributed by atoms with Crippen molar-refractivity contribution in [2.45, 2.75) is 49.9 Å². The number of amides is 2. The van der Waals surface area contributed by atoms with Crippen LogP contribution in [0.3, 0.4) is 0 Å². The first-order valence-electron chi connectivity index (χ1n) is 11.9. The summed E-state index contributed by atoms with van der Waals surface area (Å²) in [6.07, 6.45) is 0.000255. The van der Waals surface area contributed by atoms with E-state index in [1.54, 1.807) is 0 Å². The molecule has 1 aliphatic carbocycles. The smallest absolute Gasteiger partial charge is 0.416 e. The van der Waals surface area contributed by atoms with Gasteiger partial charge in [0.15, 0.2) is 0 Å². The van der Waals surface area contributed by atoms with Crippen molar-refractivity contribution >= 4 is 11.8 Å². The third-order valence-electron chi connectivity index (χ3n) is 6.94. The third kappa shape index (κ3) is 6.14. The van der Waals surface area contributed by atoms with Crippen LogP contribution in [0.15, 0.2) is 48.5 Å². The van der Waals surface area contributed by atoms with Crippen molar-refractivity contribution in [1.29, 1.82) is 0 Å². The van der Waals surface area contributed by atoms with Crippen LogP contribution in [0, 0.1) is 0 Å². The number of nitrogens with zero attached hydrogens (tertiary/aromatic N) is 1. The van der Waals surface area contributed by atoms with Crippen LogP contribution in [0.5, 0.6) is 5.75 Å². The third-order valence-corrected chi connectivity index (χ3v) is 6.94. The summed E-state index contributed by atoms with van der Waals surface area (Å²) in [5.74, 6) is -0.550. The van der Waals surface area contributed by atoms with Crippen molar-refractivity contribution < 1.29 is 27.5 Å². The molecule has 6 nitrogen and oxygen atoms in total. The minimum Gasteiger partial charge on any atom is -0.496 e. The maximum Gasteiger partial charge on any atom is 0.416 e. The molecule has 0 bridgehead atoms. The van der Waals surface area contributed by atoms with Gasteiger partial charge in [-0.05, 0) is 55.4 Å². The van der Waals surface area contributed by atoms with Crippen LogP contribution in [0.4, 0.5) is 13.2 Å². The van der Waals surface area contributed by atoms with Crippen LogP contribution in [0.25, 0.3) is 0 Å². The van der Waals surface area contributed by atoms with E-state index in [1.807, 2.05) is 6.07 Å². The van der Waals surface area contributed by atoms with Crippen LogP contribution >= 0.6 is 0 Å². The molecule has 35 heavy (non-hydrogen) atoms. The average molecular weight is 490 g/mol. The van der Waals surface area contributed by atoms with E-state index in [2.05, 4.69) is 39.8 Å². The van der Waals surface area contributed by atoms with Gasteiger partial charge in [0.05, 0.1) is 30.8 Å².